The van der Waals surface area contributed by atoms with Crippen LogP contribution in [0.5, 0.6) is 11.5 Å². The molecule has 29 heavy (non-hydrogen) atoms. The number of fused-ring (bicyclic) bond motifs is 1. The molecule has 7 heteroatoms. The maximum absolute atomic E-state index is 12.8. The number of para-hydroxylation sites is 1. The van der Waals surface area contributed by atoms with Gasteiger partial charge in [0.05, 0.1) is 37.2 Å². The van der Waals surface area contributed by atoms with Crippen molar-refractivity contribution in [2.45, 2.75) is 6.92 Å². The van der Waals surface area contributed by atoms with Crippen molar-refractivity contribution in [2.24, 2.45) is 0 Å². The minimum absolute atomic E-state index is 0.262. The third kappa shape index (κ3) is 3.50. The quantitative estimate of drug-likeness (QED) is 0.559. The Morgan fingerprint density at radius 2 is 1.79 bits per heavy atom. The van der Waals surface area contributed by atoms with E-state index in [1.165, 1.54) is 0 Å². The second kappa shape index (κ2) is 7.63. The van der Waals surface area contributed by atoms with Crippen LogP contribution in [-0.4, -0.2) is 34.9 Å². The molecule has 0 saturated heterocycles. The molecular weight excluding hydrogens is 368 g/mol. The van der Waals surface area contributed by atoms with E-state index in [2.05, 4.69) is 15.4 Å². The fourth-order valence-corrected chi connectivity index (χ4v) is 3.15. The van der Waals surface area contributed by atoms with Crippen molar-refractivity contribution in [3.05, 3.63) is 72.1 Å². The molecule has 2 aromatic heterocycles. The number of hydrogen-bond donors (Lipinski definition) is 1. The third-order valence-corrected chi connectivity index (χ3v) is 4.70. The second-order valence-electron chi connectivity index (χ2n) is 6.44. The van der Waals surface area contributed by atoms with E-state index in [0.717, 1.165) is 10.9 Å². The molecule has 0 aliphatic heterocycles. The lowest BCUT2D eigenvalue weighted by molar-refractivity contribution is 0.102. The van der Waals surface area contributed by atoms with Gasteiger partial charge in [0.1, 0.15) is 0 Å². The van der Waals surface area contributed by atoms with Crippen LogP contribution in [0.15, 0.2) is 60.8 Å². The summed E-state index contributed by atoms with van der Waals surface area (Å²) >= 11 is 0. The minimum atomic E-state index is -0.262. The number of carbonyl (C=O) groups is 1. The number of rotatable bonds is 5. The van der Waals surface area contributed by atoms with Gasteiger partial charge in [-0.05, 0) is 37.3 Å². The highest BCUT2D eigenvalue weighted by Crippen LogP contribution is 2.30. The Bertz CT molecular complexity index is 1200. The molecule has 146 valence electrons. The van der Waals surface area contributed by atoms with Crippen molar-refractivity contribution in [1.82, 2.24) is 14.8 Å². The van der Waals surface area contributed by atoms with Crippen LogP contribution in [0.3, 0.4) is 0 Å². The summed E-state index contributed by atoms with van der Waals surface area (Å²) in [6.45, 7) is 1.84. The maximum Gasteiger partial charge on any atom is 0.259 e. The van der Waals surface area contributed by atoms with E-state index in [9.17, 15) is 4.79 Å². The molecular formula is C22H20N4O3. The predicted octanol–water partition coefficient (Wildman–Crippen LogP) is 4.00. The van der Waals surface area contributed by atoms with Gasteiger partial charge in [-0.25, -0.2) is 9.67 Å². The van der Waals surface area contributed by atoms with Gasteiger partial charge in [0, 0.05) is 17.1 Å². The summed E-state index contributed by atoms with van der Waals surface area (Å²) in [4.78, 5) is 17.4. The average Bonchev–Trinajstić information content (AvgIpc) is 3.14. The van der Waals surface area contributed by atoms with Gasteiger partial charge in [-0.2, -0.15) is 5.10 Å². The standard InChI is InChI=1S/C22H20N4O3/c1-14-17(22(27)24-16-9-10-19(28-2)20(12-16)29-3)13-23-26(14)21-11-8-15-6-4-5-7-18(15)25-21/h4-13H,1-3H3,(H,24,27). The third-order valence-electron chi connectivity index (χ3n) is 4.70. The zero-order valence-electron chi connectivity index (χ0n) is 16.3. The summed E-state index contributed by atoms with van der Waals surface area (Å²) in [5, 5.41) is 8.29. The summed E-state index contributed by atoms with van der Waals surface area (Å²) in [6.07, 6.45) is 1.54. The number of nitrogens with one attached hydrogen (secondary N) is 1. The number of anilines is 1. The first-order valence-corrected chi connectivity index (χ1v) is 9.05. The predicted molar refractivity (Wildman–Crippen MR) is 111 cm³/mol. The maximum atomic E-state index is 12.8. The van der Waals surface area contributed by atoms with Crippen molar-refractivity contribution < 1.29 is 14.3 Å². The Labute approximate surface area is 167 Å². The molecule has 0 spiro atoms. The first-order chi connectivity index (χ1) is 14.1. The number of carbonyl (C=O) groups excluding carboxylic acids is 1. The molecule has 0 aliphatic rings. The normalized spacial score (nSPS) is 10.7. The van der Waals surface area contributed by atoms with Crippen molar-refractivity contribution >= 4 is 22.5 Å². The topological polar surface area (TPSA) is 78.3 Å². The van der Waals surface area contributed by atoms with E-state index in [-0.39, 0.29) is 5.91 Å². The Hall–Kier alpha value is -3.87. The number of benzene rings is 2. The van der Waals surface area contributed by atoms with Gasteiger partial charge in [0.25, 0.3) is 5.91 Å². The average molecular weight is 388 g/mol. The van der Waals surface area contributed by atoms with Crippen LogP contribution in [0.2, 0.25) is 0 Å². The summed E-state index contributed by atoms with van der Waals surface area (Å²) in [5.74, 6) is 1.53. The number of hydrogen-bond acceptors (Lipinski definition) is 5. The highest BCUT2D eigenvalue weighted by atomic mass is 16.5. The molecule has 0 saturated carbocycles. The Balaban J connectivity index is 1.61. The smallest absolute Gasteiger partial charge is 0.259 e. The van der Waals surface area contributed by atoms with Gasteiger partial charge in [0.2, 0.25) is 0 Å². The highest BCUT2D eigenvalue weighted by molar-refractivity contribution is 6.05. The van der Waals surface area contributed by atoms with Crippen LogP contribution >= 0.6 is 0 Å². The van der Waals surface area contributed by atoms with Crippen molar-refractivity contribution in [3.8, 4) is 17.3 Å². The lowest BCUT2D eigenvalue weighted by Crippen LogP contribution is -2.13. The number of aromatic nitrogens is 3. The van der Waals surface area contributed by atoms with E-state index in [1.807, 2.05) is 43.3 Å². The van der Waals surface area contributed by atoms with Crippen molar-refractivity contribution in [3.63, 3.8) is 0 Å². The van der Waals surface area contributed by atoms with Crippen molar-refractivity contribution in [1.29, 1.82) is 0 Å². The van der Waals surface area contributed by atoms with Crippen LogP contribution in [0.1, 0.15) is 16.1 Å². The molecule has 1 amide bonds. The first-order valence-electron chi connectivity index (χ1n) is 9.05. The van der Waals surface area contributed by atoms with E-state index < -0.39 is 0 Å². The minimum Gasteiger partial charge on any atom is -0.493 e. The molecule has 0 radical (unpaired) electrons. The summed E-state index contributed by atoms with van der Waals surface area (Å²) in [6, 6.07) is 16.9. The zero-order chi connectivity index (χ0) is 20.4. The molecule has 7 nitrogen and oxygen atoms in total. The van der Waals surface area contributed by atoms with Crippen LogP contribution in [-0.2, 0) is 0 Å². The van der Waals surface area contributed by atoms with Crippen LogP contribution in [0.25, 0.3) is 16.7 Å². The number of methoxy groups -OCH3 is 2. The van der Waals surface area contributed by atoms with E-state index >= 15 is 0 Å². The van der Waals surface area contributed by atoms with E-state index in [4.69, 9.17) is 9.47 Å². The molecule has 0 unspecified atom stereocenters. The molecule has 0 bridgehead atoms. The Morgan fingerprint density at radius 1 is 1.00 bits per heavy atom. The van der Waals surface area contributed by atoms with Gasteiger partial charge >= 0.3 is 0 Å². The van der Waals surface area contributed by atoms with Gasteiger partial charge in [-0.15, -0.1) is 0 Å². The Morgan fingerprint density at radius 3 is 2.59 bits per heavy atom. The summed E-state index contributed by atoms with van der Waals surface area (Å²) in [5.41, 5.74) is 2.64. The van der Waals surface area contributed by atoms with Gasteiger partial charge in [-0.1, -0.05) is 18.2 Å². The number of ether oxygens (including phenoxy) is 2. The van der Waals surface area contributed by atoms with Gasteiger partial charge in [-0.3, -0.25) is 4.79 Å². The van der Waals surface area contributed by atoms with Gasteiger partial charge < -0.3 is 14.8 Å². The molecule has 0 atom stereocenters. The largest absolute Gasteiger partial charge is 0.493 e. The fourth-order valence-electron chi connectivity index (χ4n) is 3.15. The monoisotopic (exact) mass is 388 g/mol. The molecule has 0 aliphatic carbocycles. The Kier molecular flexibility index (Phi) is 4.87. The zero-order valence-corrected chi connectivity index (χ0v) is 16.3. The molecule has 0 fully saturated rings. The lowest BCUT2D eigenvalue weighted by atomic mass is 10.2. The first kappa shape index (κ1) is 18.5. The molecule has 1 N–H and O–H groups in total. The van der Waals surface area contributed by atoms with Crippen molar-refractivity contribution in [2.75, 3.05) is 19.5 Å². The molecule has 2 aromatic carbocycles. The van der Waals surface area contributed by atoms with Crippen LogP contribution in [0, 0.1) is 6.92 Å². The summed E-state index contributed by atoms with van der Waals surface area (Å²) in [7, 11) is 3.11. The van der Waals surface area contributed by atoms with Crippen LogP contribution in [0.4, 0.5) is 5.69 Å². The fraction of sp³-hybridized carbons (Fsp3) is 0.136. The van der Waals surface area contributed by atoms with Gasteiger partial charge in [0.15, 0.2) is 17.3 Å². The highest BCUT2D eigenvalue weighted by Gasteiger charge is 2.17. The lowest BCUT2D eigenvalue weighted by Gasteiger charge is -2.10. The second-order valence-corrected chi connectivity index (χ2v) is 6.44. The molecule has 4 rings (SSSR count). The van der Waals surface area contributed by atoms with E-state index in [0.29, 0.717) is 34.3 Å². The molecule has 4 aromatic rings. The molecule has 2 heterocycles. The SMILES string of the molecule is COc1ccc(NC(=O)c2cnn(-c3ccc4ccccc4n3)c2C)cc1OC. The number of pyridine rings is 1. The summed E-state index contributed by atoms with van der Waals surface area (Å²) < 4.78 is 12.2. The number of amides is 1. The van der Waals surface area contributed by atoms with E-state index in [1.54, 1.807) is 43.3 Å². The van der Waals surface area contributed by atoms with Crippen LogP contribution < -0.4 is 14.8 Å². The number of nitrogens with zero attached hydrogens (tertiary/aromatic N) is 3.